The van der Waals surface area contributed by atoms with Gasteiger partial charge in [0, 0.05) is 31.0 Å². The molecule has 0 amide bonds. The van der Waals surface area contributed by atoms with Gasteiger partial charge < -0.3 is 0 Å². The Balaban J connectivity index is 1.11. The van der Waals surface area contributed by atoms with Crippen molar-refractivity contribution < 1.29 is 0 Å². The van der Waals surface area contributed by atoms with Gasteiger partial charge >= 0.3 is 0 Å². The number of rotatable bonds is 3. The average Bonchev–Trinajstić information content (AvgIpc) is 3.74. The SMILES string of the molecule is CC1(C)c2cc(-c3c4ccccc4c(-c4ccc(-c5ccccc5)c5ccccc45)c4ccccc34)ccc2-c2c1ccc1ccc3c4ccccc4sc3c21. The molecular weight excluding hydrogens is 693 g/mol. The van der Waals surface area contributed by atoms with Crippen molar-refractivity contribution in [2.45, 2.75) is 19.3 Å². The lowest BCUT2D eigenvalue weighted by Crippen LogP contribution is -2.15. The zero-order valence-electron chi connectivity index (χ0n) is 31.2. The predicted molar refractivity (Wildman–Crippen MR) is 243 cm³/mol. The minimum Gasteiger partial charge on any atom is -0.135 e. The molecule has 0 radical (unpaired) electrons. The van der Waals surface area contributed by atoms with Gasteiger partial charge in [-0.3, -0.25) is 0 Å². The lowest BCUT2D eigenvalue weighted by Gasteiger charge is -2.23. The molecule has 0 spiro atoms. The number of benzene rings is 10. The van der Waals surface area contributed by atoms with E-state index in [0.29, 0.717) is 0 Å². The fraction of sp³-hybridized carbons (Fsp3) is 0.0545. The van der Waals surface area contributed by atoms with E-state index in [1.54, 1.807) is 0 Å². The second kappa shape index (κ2) is 11.7. The molecule has 1 heterocycles. The van der Waals surface area contributed by atoms with Crippen LogP contribution in [-0.2, 0) is 5.41 Å². The van der Waals surface area contributed by atoms with Crippen molar-refractivity contribution in [3.63, 3.8) is 0 Å². The van der Waals surface area contributed by atoms with Crippen molar-refractivity contribution >= 4 is 74.6 Å². The normalized spacial score (nSPS) is 13.3. The summed E-state index contributed by atoms with van der Waals surface area (Å²) < 4.78 is 2.74. The Labute approximate surface area is 329 Å². The number of hydrogen-bond acceptors (Lipinski definition) is 1. The molecule has 0 fully saturated rings. The highest BCUT2D eigenvalue weighted by atomic mass is 32.1. The van der Waals surface area contributed by atoms with E-state index in [0.717, 1.165) is 0 Å². The Kier molecular flexibility index (Phi) is 6.66. The minimum absolute atomic E-state index is 0.154. The number of hydrogen-bond donors (Lipinski definition) is 0. The van der Waals surface area contributed by atoms with Crippen LogP contribution in [0.15, 0.2) is 182 Å². The largest absolute Gasteiger partial charge is 0.135 e. The molecule has 0 atom stereocenters. The molecule has 262 valence electrons. The van der Waals surface area contributed by atoms with E-state index in [2.05, 4.69) is 196 Å². The maximum atomic E-state index is 2.52. The maximum Gasteiger partial charge on any atom is 0.0440 e. The molecule has 10 aromatic carbocycles. The first-order valence-corrected chi connectivity index (χ1v) is 20.4. The summed E-state index contributed by atoms with van der Waals surface area (Å²) in [5, 5.41) is 13.1. The van der Waals surface area contributed by atoms with E-state index in [-0.39, 0.29) is 5.41 Å². The first-order chi connectivity index (χ1) is 27.6. The molecule has 0 N–H and O–H groups in total. The van der Waals surface area contributed by atoms with Crippen LogP contribution in [0.25, 0.3) is 108 Å². The molecule has 1 aliphatic carbocycles. The zero-order valence-corrected chi connectivity index (χ0v) is 32.0. The van der Waals surface area contributed by atoms with E-state index in [1.807, 2.05) is 11.3 Å². The number of thiophene rings is 1. The van der Waals surface area contributed by atoms with Gasteiger partial charge in [-0.2, -0.15) is 0 Å². The van der Waals surface area contributed by atoms with Gasteiger partial charge in [-0.05, 0) is 105 Å². The maximum absolute atomic E-state index is 2.52. The Bertz CT molecular complexity index is 3380. The Morgan fingerprint density at radius 3 is 1.62 bits per heavy atom. The molecule has 1 aromatic heterocycles. The van der Waals surface area contributed by atoms with Crippen molar-refractivity contribution in [1.29, 1.82) is 0 Å². The molecule has 0 unspecified atom stereocenters. The summed E-state index contributed by atoms with van der Waals surface area (Å²) in [7, 11) is 0. The lowest BCUT2D eigenvalue weighted by atomic mass is 9.80. The van der Waals surface area contributed by atoms with Crippen LogP contribution in [0.5, 0.6) is 0 Å². The van der Waals surface area contributed by atoms with E-state index in [4.69, 9.17) is 0 Å². The molecule has 0 nitrogen and oxygen atoms in total. The van der Waals surface area contributed by atoms with Gasteiger partial charge in [0.05, 0.1) is 0 Å². The molecule has 1 aliphatic rings. The van der Waals surface area contributed by atoms with E-state index in [1.165, 1.54) is 119 Å². The van der Waals surface area contributed by atoms with Crippen molar-refractivity contribution in [2.75, 3.05) is 0 Å². The first kappa shape index (κ1) is 31.8. The second-order valence-electron chi connectivity index (χ2n) is 15.9. The summed E-state index contributed by atoms with van der Waals surface area (Å²) >= 11 is 1.93. The van der Waals surface area contributed by atoms with Crippen molar-refractivity contribution in [3.8, 4) is 44.5 Å². The second-order valence-corrected chi connectivity index (χ2v) is 17.0. The molecule has 11 aromatic rings. The molecule has 12 rings (SSSR count). The third kappa shape index (κ3) is 4.35. The summed E-state index contributed by atoms with van der Waals surface area (Å²) in [5.41, 5.74) is 13.1. The summed E-state index contributed by atoms with van der Waals surface area (Å²) in [6.45, 7) is 4.84. The van der Waals surface area contributed by atoms with Gasteiger partial charge in [0.25, 0.3) is 0 Å². The van der Waals surface area contributed by atoms with Crippen molar-refractivity contribution in [3.05, 3.63) is 193 Å². The van der Waals surface area contributed by atoms with Crippen LogP contribution < -0.4 is 0 Å². The first-order valence-electron chi connectivity index (χ1n) is 19.6. The van der Waals surface area contributed by atoms with Crippen molar-refractivity contribution in [2.24, 2.45) is 0 Å². The highest BCUT2D eigenvalue weighted by molar-refractivity contribution is 7.26. The topological polar surface area (TPSA) is 0 Å². The monoisotopic (exact) mass is 728 g/mol. The fourth-order valence-corrected chi connectivity index (χ4v) is 11.4. The van der Waals surface area contributed by atoms with Gasteiger partial charge in [0.15, 0.2) is 0 Å². The summed E-state index contributed by atoms with van der Waals surface area (Å²) in [6.07, 6.45) is 0. The van der Waals surface area contributed by atoms with Gasteiger partial charge in [-0.1, -0.05) is 184 Å². The van der Waals surface area contributed by atoms with Crippen LogP contribution in [0.1, 0.15) is 25.0 Å². The van der Waals surface area contributed by atoms with E-state index >= 15 is 0 Å². The van der Waals surface area contributed by atoms with Crippen LogP contribution in [0, 0.1) is 0 Å². The number of fused-ring (bicyclic) bond motifs is 12. The minimum atomic E-state index is -0.154. The molecule has 1 heteroatoms. The standard InChI is InChI=1S/C55H36S/c1-55(2)47-31-26-34-24-27-45-39-18-12-13-23-49(39)56-54(45)51(34)53(47)46-28-25-35(32-48(46)55)50-40-19-8-10-21-42(40)52(43-22-11-9-20-41(43)50)44-30-29-36(33-14-4-3-5-15-33)37-16-6-7-17-38(37)44/h3-32H,1-2H3. The van der Waals surface area contributed by atoms with Gasteiger partial charge in [0.2, 0.25) is 0 Å². The lowest BCUT2D eigenvalue weighted by molar-refractivity contribution is 0.661. The summed E-state index contributed by atoms with van der Waals surface area (Å²) in [6, 6.07) is 68.1. The van der Waals surface area contributed by atoms with E-state index < -0.39 is 0 Å². The Morgan fingerprint density at radius 2 is 0.911 bits per heavy atom. The fourth-order valence-electron chi connectivity index (χ4n) is 10.1. The van der Waals surface area contributed by atoms with E-state index in [9.17, 15) is 0 Å². The Morgan fingerprint density at radius 1 is 0.357 bits per heavy atom. The Hall–Kier alpha value is -6.54. The highest BCUT2D eigenvalue weighted by Crippen LogP contribution is 2.55. The average molecular weight is 729 g/mol. The van der Waals surface area contributed by atoms with Gasteiger partial charge in [-0.25, -0.2) is 0 Å². The third-order valence-corrected chi connectivity index (χ3v) is 13.9. The molecule has 56 heavy (non-hydrogen) atoms. The van der Waals surface area contributed by atoms with Gasteiger partial charge in [0.1, 0.15) is 0 Å². The van der Waals surface area contributed by atoms with Crippen LogP contribution in [0.2, 0.25) is 0 Å². The molecule has 0 saturated carbocycles. The van der Waals surface area contributed by atoms with Crippen molar-refractivity contribution in [1.82, 2.24) is 0 Å². The van der Waals surface area contributed by atoms with Crippen LogP contribution >= 0.6 is 11.3 Å². The van der Waals surface area contributed by atoms with Crippen LogP contribution in [0.3, 0.4) is 0 Å². The van der Waals surface area contributed by atoms with Crippen LogP contribution in [-0.4, -0.2) is 0 Å². The quantitative estimate of drug-likeness (QED) is 0.159. The van der Waals surface area contributed by atoms with Gasteiger partial charge in [-0.15, -0.1) is 11.3 Å². The summed E-state index contributed by atoms with van der Waals surface area (Å²) in [5.74, 6) is 0. The zero-order chi connectivity index (χ0) is 37.1. The molecule has 0 saturated heterocycles. The molecular formula is C55H36S. The van der Waals surface area contributed by atoms with Crippen LogP contribution in [0.4, 0.5) is 0 Å². The highest BCUT2D eigenvalue weighted by Gasteiger charge is 2.37. The predicted octanol–water partition coefficient (Wildman–Crippen LogP) is 16.0. The molecule has 0 bridgehead atoms. The third-order valence-electron chi connectivity index (χ3n) is 12.7. The smallest absolute Gasteiger partial charge is 0.0440 e. The summed E-state index contributed by atoms with van der Waals surface area (Å²) in [4.78, 5) is 0. The molecule has 0 aliphatic heterocycles.